The summed E-state index contributed by atoms with van der Waals surface area (Å²) in [6.45, 7) is 0.372. The summed E-state index contributed by atoms with van der Waals surface area (Å²) in [7, 11) is -3.94. The molecular formula is C15H12ClFN2O3S. The monoisotopic (exact) mass is 354 g/mol. The molecule has 1 aliphatic rings. The fraction of sp³-hybridized carbons (Fsp3) is 0.133. The van der Waals surface area contributed by atoms with E-state index in [0.29, 0.717) is 29.7 Å². The van der Waals surface area contributed by atoms with E-state index in [1.54, 1.807) is 6.07 Å². The van der Waals surface area contributed by atoms with E-state index < -0.39 is 15.8 Å². The Bertz CT molecular complexity index is 929. The molecule has 0 saturated heterocycles. The SMILES string of the molecule is NS(=O)(=O)c1ccc(-c2ccc3c(c2F)CCNC3=O)cc1Cl. The molecule has 120 valence electrons. The number of primary sulfonamides is 1. The highest BCUT2D eigenvalue weighted by Gasteiger charge is 2.23. The molecule has 8 heteroatoms. The number of nitrogens with two attached hydrogens (primary N) is 1. The van der Waals surface area contributed by atoms with Gasteiger partial charge in [-0.1, -0.05) is 23.7 Å². The van der Waals surface area contributed by atoms with Gasteiger partial charge in [0.2, 0.25) is 10.0 Å². The Morgan fingerprint density at radius 2 is 1.87 bits per heavy atom. The van der Waals surface area contributed by atoms with Crippen LogP contribution in [-0.4, -0.2) is 20.9 Å². The summed E-state index contributed by atoms with van der Waals surface area (Å²) in [6, 6.07) is 7.03. The van der Waals surface area contributed by atoms with Gasteiger partial charge in [0.1, 0.15) is 10.7 Å². The molecule has 0 saturated carbocycles. The molecular weight excluding hydrogens is 343 g/mol. The van der Waals surface area contributed by atoms with Gasteiger partial charge in [-0.05, 0) is 30.2 Å². The average molecular weight is 355 g/mol. The molecule has 1 amide bonds. The summed E-state index contributed by atoms with van der Waals surface area (Å²) >= 11 is 5.94. The second kappa shape index (κ2) is 5.59. The first-order chi connectivity index (χ1) is 10.8. The highest BCUT2D eigenvalue weighted by molar-refractivity contribution is 7.89. The zero-order chi connectivity index (χ0) is 16.8. The minimum Gasteiger partial charge on any atom is -0.352 e. The number of hydrogen-bond donors (Lipinski definition) is 2. The molecule has 0 aromatic heterocycles. The van der Waals surface area contributed by atoms with E-state index in [-0.39, 0.29) is 21.4 Å². The molecule has 1 aliphatic heterocycles. The van der Waals surface area contributed by atoms with Gasteiger partial charge in [0.05, 0.1) is 5.02 Å². The Morgan fingerprint density at radius 1 is 1.17 bits per heavy atom. The number of sulfonamides is 1. The van der Waals surface area contributed by atoms with E-state index in [1.807, 2.05) is 0 Å². The Morgan fingerprint density at radius 3 is 2.52 bits per heavy atom. The van der Waals surface area contributed by atoms with Crippen LogP contribution in [0.15, 0.2) is 35.2 Å². The summed E-state index contributed by atoms with van der Waals surface area (Å²) in [4.78, 5) is 11.5. The van der Waals surface area contributed by atoms with Crippen LogP contribution in [0.4, 0.5) is 4.39 Å². The highest BCUT2D eigenvalue weighted by atomic mass is 35.5. The molecule has 0 aliphatic carbocycles. The third-order valence-corrected chi connectivity index (χ3v) is 5.09. The van der Waals surface area contributed by atoms with Crippen molar-refractivity contribution in [2.24, 2.45) is 5.14 Å². The third kappa shape index (κ3) is 2.83. The predicted molar refractivity (Wildman–Crippen MR) is 84.3 cm³/mol. The molecule has 2 aromatic rings. The van der Waals surface area contributed by atoms with Crippen molar-refractivity contribution in [3.8, 4) is 11.1 Å². The van der Waals surface area contributed by atoms with E-state index in [9.17, 15) is 17.6 Å². The molecule has 0 atom stereocenters. The first-order valence-corrected chi connectivity index (χ1v) is 8.64. The first-order valence-electron chi connectivity index (χ1n) is 6.71. The second-order valence-corrected chi connectivity index (χ2v) is 7.09. The molecule has 3 rings (SSSR count). The number of amides is 1. The maximum absolute atomic E-state index is 14.7. The highest BCUT2D eigenvalue weighted by Crippen LogP contribution is 2.32. The minimum atomic E-state index is -3.94. The molecule has 3 N–H and O–H groups in total. The van der Waals surface area contributed by atoms with Gasteiger partial charge in [-0.2, -0.15) is 0 Å². The zero-order valence-electron chi connectivity index (χ0n) is 11.8. The van der Waals surface area contributed by atoms with Crippen molar-refractivity contribution in [3.63, 3.8) is 0 Å². The van der Waals surface area contributed by atoms with E-state index in [2.05, 4.69) is 5.32 Å². The molecule has 0 bridgehead atoms. The number of benzene rings is 2. The van der Waals surface area contributed by atoms with Gasteiger partial charge in [-0.15, -0.1) is 0 Å². The molecule has 1 heterocycles. The maximum atomic E-state index is 14.7. The van der Waals surface area contributed by atoms with E-state index in [4.69, 9.17) is 16.7 Å². The number of fused-ring (bicyclic) bond motifs is 1. The third-order valence-electron chi connectivity index (χ3n) is 3.70. The van der Waals surface area contributed by atoms with Crippen LogP contribution in [0.5, 0.6) is 0 Å². The van der Waals surface area contributed by atoms with Gasteiger partial charge >= 0.3 is 0 Å². The lowest BCUT2D eigenvalue weighted by Gasteiger charge is -2.19. The lowest BCUT2D eigenvalue weighted by molar-refractivity contribution is 0.0945. The van der Waals surface area contributed by atoms with Crippen LogP contribution in [-0.2, 0) is 16.4 Å². The topological polar surface area (TPSA) is 89.3 Å². The van der Waals surface area contributed by atoms with Gasteiger partial charge < -0.3 is 5.32 Å². The number of carbonyl (C=O) groups excluding carboxylic acids is 1. The van der Waals surface area contributed by atoms with Crippen molar-refractivity contribution in [3.05, 3.63) is 52.3 Å². The molecule has 0 radical (unpaired) electrons. The fourth-order valence-corrected chi connectivity index (χ4v) is 3.69. The van der Waals surface area contributed by atoms with Crippen LogP contribution in [0.25, 0.3) is 11.1 Å². The zero-order valence-corrected chi connectivity index (χ0v) is 13.3. The van der Waals surface area contributed by atoms with Crippen LogP contribution < -0.4 is 10.5 Å². The van der Waals surface area contributed by atoms with Gasteiger partial charge in [-0.25, -0.2) is 17.9 Å². The van der Waals surface area contributed by atoms with Gasteiger partial charge in [-0.3, -0.25) is 4.79 Å². The molecule has 0 unspecified atom stereocenters. The largest absolute Gasteiger partial charge is 0.352 e. The molecule has 23 heavy (non-hydrogen) atoms. The normalized spacial score (nSPS) is 14.3. The summed E-state index contributed by atoms with van der Waals surface area (Å²) in [5.74, 6) is -0.809. The van der Waals surface area contributed by atoms with Crippen molar-refractivity contribution in [1.29, 1.82) is 0 Å². The van der Waals surface area contributed by atoms with Crippen LogP contribution in [0.3, 0.4) is 0 Å². The van der Waals surface area contributed by atoms with E-state index in [0.717, 1.165) is 0 Å². The van der Waals surface area contributed by atoms with Gasteiger partial charge in [0, 0.05) is 23.2 Å². The van der Waals surface area contributed by atoms with Crippen LogP contribution in [0.2, 0.25) is 5.02 Å². The summed E-state index contributed by atoms with van der Waals surface area (Å²) in [5, 5.41) is 7.62. The molecule has 0 spiro atoms. The van der Waals surface area contributed by atoms with Crippen molar-refractivity contribution in [2.45, 2.75) is 11.3 Å². The summed E-state index contributed by atoms with van der Waals surface area (Å²) in [6.07, 6.45) is 0.393. The Hall–Kier alpha value is -1.96. The number of hydrogen-bond acceptors (Lipinski definition) is 3. The summed E-state index contributed by atoms with van der Waals surface area (Å²) < 4.78 is 37.5. The number of halogens is 2. The predicted octanol–water partition coefficient (Wildman–Crippen LogP) is 2.08. The van der Waals surface area contributed by atoms with Crippen molar-refractivity contribution >= 4 is 27.5 Å². The first kappa shape index (κ1) is 15.9. The fourth-order valence-electron chi connectivity index (χ4n) is 2.60. The Kier molecular flexibility index (Phi) is 3.87. The lowest BCUT2D eigenvalue weighted by Crippen LogP contribution is -2.32. The Labute approximate surface area is 137 Å². The number of nitrogens with one attached hydrogen (secondary N) is 1. The van der Waals surface area contributed by atoms with Gasteiger partial charge in [0.15, 0.2) is 0 Å². The lowest BCUT2D eigenvalue weighted by atomic mass is 9.94. The van der Waals surface area contributed by atoms with Crippen LogP contribution in [0, 0.1) is 5.82 Å². The smallest absolute Gasteiger partial charge is 0.251 e. The van der Waals surface area contributed by atoms with Crippen LogP contribution >= 0.6 is 11.6 Å². The Balaban J connectivity index is 2.13. The summed E-state index contributed by atoms with van der Waals surface area (Å²) in [5.41, 5.74) is 1.32. The van der Waals surface area contributed by atoms with Crippen molar-refractivity contribution < 1.29 is 17.6 Å². The van der Waals surface area contributed by atoms with Crippen molar-refractivity contribution in [2.75, 3.05) is 6.54 Å². The maximum Gasteiger partial charge on any atom is 0.251 e. The molecule has 2 aromatic carbocycles. The number of carbonyl (C=O) groups is 1. The quantitative estimate of drug-likeness (QED) is 0.865. The standard InChI is InChI=1S/C15H12ClFN2O3S/c16-12-7-8(1-4-13(12)23(18,21)22)9-2-3-11-10(14(9)17)5-6-19-15(11)20/h1-4,7H,5-6H2,(H,19,20)(H2,18,21,22). The number of rotatable bonds is 2. The molecule has 5 nitrogen and oxygen atoms in total. The van der Waals surface area contributed by atoms with E-state index >= 15 is 0 Å². The van der Waals surface area contributed by atoms with Crippen molar-refractivity contribution in [1.82, 2.24) is 5.32 Å². The average Bonchev–Trinajstić information content (AvgIpc) is 2.47. The second-order valence-electron chi connectivity index (χ2n) is 5.15. The minimum absolute atomic E-state index is 0.0835. The van der Waals surface area contributed by atoms with Gasteiger partial charge in [0.25, 0.3) is 5.91 Å². The van der Waals surface area contributed by atoms with Crippen LogP contribution in [0.1, 0.15) is 15.9 Å². The molecule has 0 fully saturated rings. The van der Waals surface area contributed by atoms with E-state index in [1.165, 1.54) is 24.3 Å².